The van der Waals surface area contributed by atoms with Crippen LogP contribution in [0.2, 0.25) is 5.28 Å². The zero-order chi connectivity index (χ0) is 22.6. The monoisotopic (exact) mass is 456 g/mol. The van der Waals surface area contributed by atoms with E-state index in [1.165, 1.54) is 10.8 Å². The van der Waals surface area contributed by atoms with Crippen LogP contribution in [0.4, 0.5) is 0 Å². The van der Waals surface area contributed by atoms with E-state index in [1.54, 1.807) is 0 Å². The van der Waals surface area contributed by atoms with Gasteiger partial charge in [-0.3, -0.25) is 0 Å². The van der Waals surface area contributed by atoms with Crippen molar-refractivity contribution in [3.8, 4) is 22.8 Å². The van der Waals surface area contributed by atoms with Gasteiger partial charge in [-0.25, -0.2) is 4.98 Å². The Morgan fingerprint density at radius 1 is 0.765 bits per heavy atom. The van der Waals surface area contributed by atoms with Crippen LogP contribution in [0.15, 0.2) is 83.3 Å². The summed E-state index contributed by atoms with van der Waals surface area (Å²) in [5, 5.41) is 5.79. The Morgan fingerprint density at radius 3 is 2.53 bits per heavy atom. The molecule has 4 nitrogen and oxygen atoms in total. The van der Waals surface area contributed by atoms with E-state index in [-0.39, 0.29) is 5.28 Å². The third-order valence-corrected chi connectivity index (χ3v) is 6.36. The zero-order valence-corrected chi connectivity index (χ0v) is 18.5. The number of nitrogens with zero attached hydrogens (tertiary/aromatic N) is 3. The molecular weight excluding hydrogens is 442 g/mol. The predicted octanol–water partition coefficient (Wildman–Crippen LogP) is 7.75. The molecule has 34 heavy (non-hydrogen) atoms. The molecule has 0 radical (unpaired) electrons. The summed E-state index contributed by atoms with van der Waals surface area (Å²) < 4.78 is 6.01. The van der Waals surface area contributed by atoms with Crippen LogP contribution in [-0.2, 0) is 0 Å². The maximum absolute atomic E-state index is 6.42. The summed E-state index contributed by atoms with van der Waals surface area (Å²) in [4.78, 5) is 13.8. The van der Waals surface area contributed by atoms with E-state index >= 15 is 0 Å². The largest absolute Gasteiger partial charge is 0.396 e. The van der Waals surface area contributed by atoms with Gasteiger partial charge in [-0.05, 0) is 45.3 Å². The molecule has 0 unspecified atom stereocenters. The number of benzene rings is 4. The molecule has 0 saturated carbocycles. The van der Waals surface area contributed by atoms with Crippen molar-refractivity contribution in [1.29, 1.82) is 0 Å². The van der Waals surface area contributed by atoms with Crippen LogP contribution >= 0.6 is 11.6 Å². The number of hydrogen-bond acceptors (Lipinski definition) is 4. The fourth-order valence-electron chi connectivity index (χ4n) is 4.65. The van der Waals surface area contributed by atoms with E-state index in [1.807, 2.05) is 48.6 Å². The lowest BCUT2D eigenvalue weighted by Crippen LogP contribution is -1.98. The Morgan fingerprint density at radius 2 is 1.59 bits per heavy atom. The van der Waals surface area contributed by atoms with Crippen molar-refractivity contribution in [2.24, 2.45) is 0 Å². The van der Waals surface area contributed by atoms with Crippen molar-refractivity contribution in [1.82, 2.24) is 15.0 Å². The Bertz CT molecular complexity index is 1830. The smallest absolute Gasteiger partial charge is 0.250 e. The second-order valence-electron chi connectivity index (χ2n) is 8.18. The van der Waals surface area contributed by atoms with Crippen molar-refractivity contribution >= 4 is 56.3 Å². The second kappa shape index (κ2) is 7.32. The minimum Gasteiger partial charge on any atom is -0.396 e. The highest BCUT2D eigenvalue weighted by Gasteiger charge is 2.24. The number of rotatable bonds is 2. The SMILES string of the molecule is Clc1nc(-c2ccc3ccc4ccccc4c3c2)nc(-c2cccc3oc4c(c23)C=C[C+]=C4)n1. The van der Waals surface area contributed by atoms with Gasteiger partial charge in [0.1, 0.15) is 17.7 Å². The molecule has 1 aliphatic rings. The van der Waals surface area contributed by atoms with E-state index in [4.69, 9.17) is 21.0 Å². The number of fused-ring (bicyclic) bond motifs is 6. The normalized spacial score (nSPS) is 12.4. The molecule has 0 amide bonds. The first kappa shape index (κ1) is 19.1. The van der Waals surface area contributed by atoms with Crippen LogP contribution in [0, 0.1) is 6.08 Å². The third kappa shape index (κ3) is 2.94. The summed E-state index contributed by atoms with van der Waals surface area (Å²) in [6, 6.07) is 24.7. The molecule has 0 fully saturated rings. The van der Waals surface area contributed by atoms with Crippen molar-refractivity contribution in [2.75, 3.05) is 0 Å². The van der Waals surface area contributed by atoms with Gasteiger partial charge in [0.25, 0.3) is 0 Å². The fraction of sp³-hybridized carbons (Fsp3) is 0. The van der Waals surface area contributed by atoms with Crippen LogP contribution in [-0.4, -0.2) is 15.0 Å². The minimum atomic E-state index is 0.149. The van der Waals surface area contributed by atoms with Gasteiger partial charge in [-0.15, -0.1) is 0 Å². The highest BCUT2D eigenvalue weighted by atomic mass is 35.5. The number of hydrogen-bond donors (Lipinski definition) is 0. The Balaban J connectivity index is 1.44. The van der Waals surface area contributed by atoms with Crippen LogP contribution in [0.3, 0.4) is 0 Å². The molecule has 0 aliphatic heterocycles. The molecule has 5 heteroatoms. The molecule has 0 N–H and O–H groups in total. The number of halogens is 1. The summed E-state index contributed by atoms with van der Waals surface area (Å²) in [6.45, 7) is 0. The highest BCUT2D eigenvalue weighted by Crippen LogP contribution is 2.37. The molecule has 2 aromatic heterocycles. The van der Waals surface area contributed by atoms with E-state index < -0.39 is 0 Å². The Hall–Kier alpha value is -4.37. The predicted molar refractivity (Wildman–Crippen MR) is 137 cm³/mol. The molecule has 0 spiro atoms. The summed E-state index contributed by atoms with van der Waals surface area (Å²) in [5.41, 5.74) is 3.48. The van der Waals surface area contributed by atoms with Crippen LogP contribution in [0.25, 0.3) is 67.4 Å². The molecule has 1 aliphatic carbocycles. The van der Waals surface area contributed by atoms with Gasteiger partial charge in [-0.1, -0.05) is 60.7 Å². The lowest BCUT2D eigenvalue weighted by Gasteiger charge is -2.08. The van der Waals surface area contributed by atoms with Crippen LogP contribution in [0.5, 0.6) is 0 Å². The quantitative estimate of drug-likeness (QED) is 0.197. The van der Waals surface area contributed by atoms with Gasteiger partial charge in [0.05, 0.1) is 11.5 Å². The average molecular weight is 457 g/mol. The van der Waals surface area contributed by atoms with Crippen molar-refractivity contribution in [3.05, 3.63) is 102 Å². The first-order chi connectivity index (χ1) is 16.7. The minimum absolute atomic E-state index is 0.149. The maximum atomic E-state index is 6.42. The number of allylic oxidation sites excluding steroid dienone is 2. The molecule has 4 aromatic carbocycles. The molecule has 0 atom stereocenters. The topological polar surface area (TPSA) is 51.8 Å². The molecule has 2 heterocycles. The van der Waals surface area contributed by atoms with Gasteiger partial charge in [0, 0.05) is 17.2 Å². The van der Waals surface area contributed by atoms with Crippen molar-refractivity contribution < 1.29 is 4.42 Å². The van der Waals surface area contributed by atoms with Gasteiger partial charge >= 0.3 is 0 Å². The summed E-state index contributed by atoms with van der Waals surface area (Å²) in [7, 11) is 0. The molecule has 7 rings (SSSR count). The van der Waals surface area contributed by atoms with Gasteiger partial charge < -0.3 is 4.42 Å². The average Bonchev–Trinajstić information content (AvgIpc) is 3.27. The molecule has 158 valence electrons. The Kier molecular flexibility index (Phi) is 4.12. The second-order valence-corrected chi connectivity index (χ2v) is 8.52. The standard InChI is InChI=1S/C29H15ClN3O/c30-29-32-27(19-15-14-18-13-12-17-6-1-2-7-20(17)23(18)16-19)31-28(33-29)22-9-5-11-25-26(22)21-8-3-4-10-24(21)34-25/h1-3,5-16H/q+1. The maximum Gasteiger partial charge on any atom is 0.250 e. The summed E-state index contributed by atoms with van der Waals surface area (Å²) in [6.07, 6.45) is 8.77. The van der Waals surface area contributed by atoms with E-state index in [2.05, 4.69) is 58.5 Å². The summed E-state index contributed by atoms with van der Waals surface area (Å²) in [5.74, 6) is 1.81. The third-order valence-electron chi connectivity index (χ3n) is 6.20. The molecule has 0 saturated heterocycles. The van der Waals surface area contributed by atoms with Gasteiger partial charge in [-0.2, -0.15) is 9.97 Å². The summed E-state index contributed by atoms with van der Waals surface area (Å²) >= 11 is 6.42. The zero-order valence-electron chi connectivity index (χ0n) is 17.8. The molecule has 6 aromatic rings. The number of aromatic nitrogens is 3. The molecule has 0 bridgehead atoms. The fourth-order valence-corrected chi connectivity index (χ4v) is 4.81. The van der Waals surface area contributed by atoms with Crippen LogP contribution < -0.4 is 0 Å². The highest BCUT2D eigenvalue weighted by molar-refractivity contribution is 6.28. The number of furan rings is 1. The van der Waals surface area contributed by atoms with E-state index in [0.29, 0.717) is 11.6 Å². The first-order valence-corrected chi connectivity index (χ1v) is 11.3. The van der Waals surface area contributed by atoms with Crippen molar-refractivity contribution in [3.63, 3.8) is 0 Å². The first-order valence-electron chi connectivity index (χ1n) is 10.9. The van der Waals surface area contributed by atoms with Crippen molar-refractivity contribution in [2.45, 2.75) is 0 Å². The lowest BCUT2D eigenvalue weighted by molar-refractivity contribution is 0.603. The van der Waals surface area contributed by atoms with Gasteiger partial charge in [0.15, 0.2) is 17.2 Å². The van der Waals surface area contributed by atoms with E-state index in [0.717, 1.165) is 44.2 Å². The van der Waals surface area contributed by atoms with E-state index in [9.17, 15) is 0 Å². The Labute approximate surface area is 199 Å². The van der Waals surface area contributed by atoms with Crippen LogP contribution in [0.1, 0.15) is 11.3 Å². The molecular formula is C29H15ClN3O+. The lowest BCUT2D eigenvalue weighted by atomic mass is 9.99. The van der Waals surface area contributed by atoms with Gasteiger partial charge in [0.2, 0.25) is 11.0 Å².